The molecule has 1 N–H and O–H groups in total. The van der Waals surface area contributed by atoms with Crippen molar-refractivity contribution in [3.05, 3.63) is 84.2 Å². The van der Waals surface area contributed by atoms with Crippen LogP contribution in [-0.4, -0.2) is 28.9 Å². The van der Waals surface area contributed by atoms with Gasteiger partial charge in [-0.3, -0.25) is 9.78 Å². The first-order valence-corrected chi connectivity index (χ1v) is 9.48. The fourth-order valence-electron chi connectivity index (χ4n) is 2.95. The molecule has 0 aliphatic rings. The molecule has 144 valence electrons. The van der Waals surface area contributed by atoms with Crippen molar-refractivity contribution >= 4 is 17.3 Å². The van der Waals surface area contributed by atoms with Crippen LogP contribution in [0.5, 0.6) is 5.75 Å². The molecule has 0 bridgehead atoms. The van der Waals surface area contributed by atoms with Crippen molar-refractivity contribution in [2.45, 2.75) is 20.4 Å². The first kappa shape index (κ1) is 19.4. The molecule has 1 aromatic heterocycles. The van der Waals surface area contributed by atoms with Crippen molar-refractivity contribution in [2.75, 3.05) is 18.5 Å². The Morgan fingerprint density at radius 1 is 1.04 bits per heavy atom. The molecule has 0 fully saturated rings. The number of hydrogen-bond acceptors (Lipinski definition) is 4. The molecule has 0 atom stereocenters. The standard InChI is InChI=1S/C23H25N3O2/c1-3-26(17-18-10-6-5-7-11-18)23(27)19-14-20(16-24-15-19)25-21-12-8-9-13-22(21)28-4-2/h5-16,25H,3-4,17H2,1-2H3. The van der Waals surface area contributed by atoms with Gasteiger partial charge in [-0.2, -0.15) is 0 Å². The Labute approximate surface area is 166 Å². The first-order chi connectivity index (χ1) is 13.7. The van der Waals surface area contributed by atoms with Crippen LogP contribution in [0.1, 0.15) is 29.8 Å². The molecular weight excluding hydrogens is 350 g/mol. The molecule has 5 nitrogen and oxygen atoms in total. The van der Waals surface area contributed by atoms with Gasteiger partial charge in [-0.05, 0) is 37.6 Å². The van der Waals surface area contributed by atoms with Crippen LogP contribution in [-0.2, 0) is 6.54 Å². The summed E-state index contributed by atoms with van der Waals surface area (Å²) in [5, 5.41) is 3.30. The molecule has 0 radical (unpaired) electrons. The Hall–Kier alpha value is -3.34. The van der Waals surface area contributed by atoms with Crippen molar-refractivity contribution in [2.24, 2.45) is 0 Å². The van der Waals surface area contributed by atoms with E-state index in [1.54, 1.807) is 12.4 Å². The van der Waals surface area contributed by atoms with Crippen LogP contribution in [0.4, 0.5) is 11.4 Å². The lowest BCUT2D eigenvalue weighted by Gasteiger charge is -2.21. The van der Waals surface area contributed by atoms with Crippen molar-refractivity contribution < 1.29 is 9.53 Å². The van der Waals surface area contributed by atoms with Crippen LogP contribution in [0.2, 0.25) is 0 Å². The van der Waals surface area contributed by atoms with Crippen LogP contribution in [0.3, 0.4) is 0 Å². The van der Waals surface area contributed by atoms with Gasteiger partial charge in [0, 0.05) is 19.3 Å². The van der Waals surface area contributed by atoms with E-state index in [1.165, 1.54) is 0 Å². The van der Waals surface area contributed by atoms with Gasteiger partial charge in [0.15, 0.2) is 0 Å². The van der Waals surface area contributed by atoms with Gasteiger partial charge >= 0.3 is 0 Å². The van der Waals surface area contributed by atoms with E-state index in [4.69, 9.17) is 4.74 Å². The highest BCUT2D eigenvalue weighted by molar-refractivity contribution is 5.95. The van der Waals surface area contributed by atoms with E-state index in [2.05, 4.69) is 10.3 Å². The van der Waals surface area contributed by atoms with Crippen LogP contribution >= 0.6 is 0 Å². The molecule has 0 aliphatic heterocycles. The summed E-state index contributed by atoms with van der Waals surface area (Å²) in [4.78, 5) is 19.0. The predicted molar refractivity (Wildman–Crippen MR) is 112 cm³/mol. The second-order valence-corrected chi connectivity index (χ2v) is 6.32. The number of hydrogen-bond donors (Lipinski definition) is 1. The van der Waals surface area contributed by atoms with Crippen LogP contribution in [0, 0.1) is 0 Å². The summed E-state index contributed by atoms with van der Waals surface area (Å²) in [7, 11) is 0. The second-order valence-electron chi connectivity index (χ2n) is 6.32. The quantitative estimate of drug-likeness (QED) is 0.609. The number of nitrogens with zero attached hydrogens (tertiary/aromatic N) is 2. The smallest absolute Gasteiger partial charge is 0.255 e. The number of aromatic nitrogens is 1. The van der Waals surface area contributed by atoms with Crippen molar-refractivity contribution in [1.29, 1.82) is 0 Å². The Morgan fingerprint density at radius 3 is 2.54 bits per heavy atom. The average Bonchev–Trinajstić information content (AvgIpc) is 2.74. The van der Waals surface area contributed by atoms with E-state index in [0.29, 0.717) is 25.3 Å². The van der Waals surface area contributed by atoms with Crippen LogP contribution < -0.4 is 10.1 Å². The summed E-state index contributed by atoms with van der Waals surface area (Å²) in [6, 6.07) is 19.5. The summed E-state index contributed by atoms with van der Waals surface area (Å²) in [5.74, 6) is 0.724. The number of carbonyl (C=O) groups excluding carboxylic acids is 1. The Kier molecular flexibility index (Phi) is 6.63. The summed E-state index contributed by atoms with van der Waals surface area (Å²) < 4.78 is 5.65. The summed E-state index contributed by atoms with van der Waals surface area (Å²) >= 11 is 0. The molecule has 3 rings (SSSR count). The molecule has 1 amide bonds. The zero-order chi connectivity index (χ0) is 19.8. The minimum absolute atomic E-state index is 0.0411. The topological polar surface area (TPSA) is 54.5 Å². The molecule has 3 aromatic rings. The number of nitrogens with one attached hydrogen (secondary N) is 1. The third-order valence-electron chi connectivity index (χ3n) is 4.34. The number of para-hydroxylation sites is 2. The van der Waals surface area contributed by atoms with Gasteiger partial charge in [-0.25, -0.2) is 0 Å². The van der Waals surface area contributed by atoms with Crippen molar-refractivity contribution in [1.82, 2.24) is 9.88 Å². The van der Waals surface area contributed by atoms with Gasteiger partial charge in [-0.15, -0.1) is 0 Å². The highest BCUT2D eigenvalue weighted by atomic mass is 16.5. The van der Waals surface area contributed by atoms with Crippen molar-refractivity contribution in [3.63, 3.8) is 0 Å². The van der Waals surface area contributed by atoms with E-state index in [0.717, 1.165) is 22.7 Å². The molecular formula is C23H25N3O2. The molecule has 1 heterocycles. The molecule has 0 saturated heterocycles. The van der Waals surface area contributed by atoms with Crippen LogP contribution in [0.25, 0.3) is 0 Å². The molecule has 0 saturated carbocycles. The molecule has 0 spiro atoms. The fourth-order valence-corrected chi connectivity index (χ4v) is 2.95. The van der Waals surface area contributed by atoms with Gasteiger partial charge in [0.1, 0.15) is 5.75 Å². The highest BCUT2D eigenvalue weighted by Gasteiger charge is 2.16. The third kappa shape index (κ3) is 4.88. The normalized spacial score (nSPS) is 10.4. The number of anilines is 2. The van der Waals surface area contributed by atoms with Gasteiger partial charge < -0.3 is 15.0 Å². The monoisotopic (exact) mass is 375 g/mol. The average molecular weight is 375 g/mol. The van der Waals surface area contributed by atoms with Crippen molar-refractivity contribution in [3.8, 4) is 5.75 Å². The van der Waals surface area contributed by atoms with E-state index in [1.807, 2.05) is 79.4 Å². The number of rotatable bonds is 8. The first-order valence-electron chi connectivity index (χ1n) is 9.48. The minimum Gasteiger partial charge on any atom is -0.492 e. The second kappa shape index (κ2) is 9.55. The maximum absolute atomic E-state index is 13.0. The molecule has 0 aliphatic carbocycles. The lowest BCUT2D eigenvalue weighted by atomic mass is 10.1. The van der Waals surface area contributed by atoms with Gasteiger partial charge in [0.2, 0.25) is 0 Å². The van der Waals surface area contributed by atoms with E-state index >= 15 is 0 Å². The fraction of sp³-hybridized carbons (Fsp3) is 0.217. The van der Waals surface area contributed by atoms with E-state index in [9.17, 15) is 4.79 Å². The number of amides is 1. The lowest BCUT2D eigenvalue weighted by molar-refractivity contribution is 0.0752. The number of carbonyl (C=O) groups is 1. The van der Waals surface area contributed by atoms with Gasteiger partial charge in [0.25, 0.3) is 5.91 Å². The summed E-state index contributed by atoms with van der Waals surface area (Å²) in [5.41, 5.74) is 3.24. The number of pyridine rings is 1. The Bertz CT molecular complexity index is 912. The summed E-state index contributed by atoms with van der Waals surface area (Å²) in [6.07, 6.45) is 3.31. The van der Waals surface area contributed by atoms with Gasteiger partial charge in [0.05, 0.1) is 29.7 Å². The number of benzene rings is 2. The minimum atomic E-state index is -0.0411. The van der Waals surface area contributed by atoms with Crippen LogP contribution in [0.15, 0.2) is 73.1 Å². The SMILES string of the molecule is CCOc1ccccc1Nc1cncc(C(=O)N(CC)Cc2ccccc2)c1. The maximum Gasteiger partial charge on any atom is 0.255 e. The Morgan fingerprint density at radius 2 is 1.79 bits per heavy atom. The molecule has 2 aromatic carbocycles. The molecule has 0 unspecified atom stereocenters. The zero-order valence-corrected chi connectivity index (χ0v) is 16.3. The largest absolute Gasteiger partial charge is 0.492 e. The molecule has 28 heavy (non-hydrogen) atoms. The predicted octanol–water partition coefficient (Wildman–Crippen LogP) is 4.89. The van der Waals surface area contributed by atoms with E-state index < -0.39 is 0 Å². The Balaban J connectivity index is 1.77. The number of ether oxygens (including phenoxy) is 1. The molecule has 5 heteroatoms. The zero-order valence-electron chi connectivity index (χ0n) is 16.3. The van der Waals surface area contributed by atoms with Gasteiger partial charge in [-0.1, -0.05) is 42.5 Å². The van der Waals surface area contributed by atoms with E-state index in [-0.39, 0.29) is 5.91 Å². The maximum atomic E-state index is 13.0. The highest BCUT2D eigenvalue weighted by Crippen LogP contribution is 2.27. The summed E-state index contributed by atoms with van der Waals surface area (Å²) in [6.45, 7) is 5.71. The lowest BCUT2D eigenvalue weighted by Crippen LogP contribution is -2.30. The third-order valence-corrected chi connectivity index (χ3v) is 4.34.